The molecule has 0 radical (unpaired) electrons. The highest BCUT2D eigenvalue weighted by atomic mass is 127. The van der Waals surface area contributed by atoms with Gasteiger partial charge in [0.15, 0.2) is 17.2 Å². The van der Waals surface area contributed by atoms with Gasteiger partial charge in [-0.3, -0.25) is 0 Å². The lowest BCUT2D eigenvalue weighted by Crippen LogP contribution is -3.00. The van der Waals surface area contributed by atoms with Gasteiger partial charge >= 0.3 is 0 Å². The fraction of sp³-hybridized carbons (Fsp3) is 0.316. The van der Waals surface area contributed by atoms with Gasteiger partial charge in [0.25, 0.3) is 0 Å². The van der Waals surface area contributed by atoms with Gasteiger partial charge in [0.1, 0.15) is 7.05 Å². The first-order valence-corrected chi connectivity index (χ1v) is 7.60. The Labute approximate surface area is 161 Å². The van der Waals surface area contributed by atoms with E-state index in [1.165, 1.54) is 5.69 Å². The predicted molar refractivity (Wildman–Crippen MR) is 92.0 cm³/mol. The van der Waals surface area contributed by atoms with Crippen LogP contribution >= 0.6 is 0 Å². The highest BCUT2D eigenvalue weighted by Gasteiger charge is 2.15. The summed E-state index contributed by atoms with van der Waals surface area (Å²) in [5, 5.41) is 0. The summed E-state index contributed by atoms with van der Waals surface area (Å²) in [6.45, 7) is 2.12. The van der Waals surface area contributed by atoms with Crippen molar-refractivity contribution in [1.29, 1.82) is 0 Å². The number of ether oxygens (including phenoxy) is 3. The molecule has 0 saturated carbocycles. The van der Waals surface area contributed by atoms with Gasteiger partial charge in [-0.15, -0.1) is 0 Å². The van der Waals surface area contributed by atoms with Crippen LogP contribution in [-0.4, -0.2) is 21.3 Å². The van der Waals surface area contributed by atoms with Gasteiger partial charge < -0.3 is 38.2 Å². The summed E-state index contributed by atoms with van der Waals surface area (Å²) in [5.41, 5.74) is 3.33. The van der Waals surface area contributed by atoms with E-state index >= 15 is 0 Å². The number of rotatable bonds is 6. The maximum absolute atomic E-state index is 5.42. The van der Waals surface area contributed by atoms with E-state index in [0.717, 1.165) is 34.9 Å². The van der Waals surface area contributed by atoms with E-state index in [-0.39, 0.29) is 24.0 Å². The molecular weight excluding hydrogens is 417 g/mol. The lowest BCUT2D eigenvalue weighted by Gasteiger charge is -2.08. The van der Waals surface area contributed by atoms with Crippen molar-refractivity contribution in [2.45, 2.75) is 13.3 Å². The molecule has 0 spiro atoms. The zero-order chi connectivity index (χ0) is 16.8. The summed E-state index contributed by atoms with van der Waals surface area (Å²) < 4.78 is 18.2. The molecular formula is C19H24INO3. The number of halogens is 1. The molecule has 0 aliphatic rings. The number of hydrogen-bond donors (Lipinski definition) is 0. The molecule has 130 valence electrons. The van der Waals surface area contributed by atoms with Crippen molar-refractivity contribution in [3.05, 3.63) is 47.3 Å². The van der Waals surface area contributed by atoms with Crippen LogP contribution < -0.4 is 42.8 Å². The minimum Gasteiger partial charge on any atom is -1.00 e. The van der Waals surface area contributed by atoms with Crippen LogP contribution in [-0.2, 0) is 13.5 Å². The third-order valence-electron chi connectivity index (χ3n) is 3.89. The molecule has 0 atom stereocenters. The van der Waals surface area contributed by atoms with Crippen LogP contribution in [0.1, 0.15) is 23.9 Å². The monoisotopic (exact) mass is 441 g/mol. The zero-order valence-corrected chi connectivity index (χ0v) is 17.0. The third-order valence-corrected chi connectivity index (χ3v) is 3.89. The normalized spacial score (nSPS) is 10.4. The largest absolute Gasteiger partial charge is 1.00 e. The molecule has 0 unspecified atom stereocenters. The van der Waals surface area contributed by atoms with Gasteiger partial charge in [-0.2, -0.15) is 4.57 Å². The number of nitrogens with zero attached hydrogens (tertiary/aromatic N) is 1. The van der Waals surface area contributed by atoms with E-state index in [2.05, 4.69) is 36.8 Å². The fourth-order valence-corrected chi connectivity index (χ4v) is 2.59. The minimum atomic E-state index is 0. The Morgan fingerprint density at radius 1 is 0.875 bits per heavy atom. The molecule has 0 N–H and O–H groups in total. The Morgan fingerprint density at radius 2 is 1.50 bits per heavy atom. The molecule has 4 nitrogen and oxygen atoms in total. The Hall–Kier alpha value is -1.76. The Balaban J connectivity index is 0.00000288. The molecule has 5 heteroatoms. The van der Waals surface area contributed by atoms with E-state index < -0.39 is 0 Å². The van der Waals surface area contributed by atoms with E-state index in [4.69, 9.17) is 14.2 Å². The third kappa shape index (κ3) is 4.41. The molecule has 0 aliphatic carbocycles. The summed E-state index contributed by atoms with van der Waals surface area (Å²) in [6.07, 6.45) is 5.06. The second kappa shape index (κ2) is 9.52. The van der Waals surface area contributed by atoms with Gasteiger partial charge in [0, 0.05) is 18.6 Å². The van der Waals surface area contributed by atoms with Crippen molar-refractivity contribution in [2.75, 3.05) is 21.3 Å². The van der Waals surface area contributed by atoms with Crippen LogP contribution in [0.3, 0.4) is 0 Å². The molecule has 0 fully saturated rings. The summed E-state index contributed by atoms with van der Waals surface area (Å²) in [6, 6.07) is 9.92. The highest BCUT2D eigenvalue weighted by molar-refractivity contribution is 5.68. The second-order valence-corrected chi connectivity index (χ2v) is 5.13. The smallest absolute Gasteiger partial charge is 0.223 e. The number of hydrogen-bond acceptors (Lipinski definition) is 3. The van der Waals surface area contributed by atoms with Crippen molar-refractivity contribution in [1.82, 2.24) is 0 Å². The maximum Gasteiger partial charge on any atom is 0.223 e. The molecule has 24 heavy (non-hydrogen) atoms. The van der Waals surface area contributed by atoms with Gasteiger partial charge in [-0.1, -0.05) is 13.0 Å². The Morgan fingerprint density at radius 3 is 2.08 bits per heavy atom. The summed E-state index contributed by atoms with van der Waals surface area (Å²) in [7, 11) is 7.03. The number of methoxy groups -OCH3 is 3. The van der Waals surface area contributed by atoms with Crippen LogP contribution in [0.25, 0.3) is 12.2 Å². The number of pyridine rings is 1. The molecule has 0 amide bonds. The molecule has 0 saturated heterocycles. The van der Waals surface area contributed by atoms with E-state index in [0.29, 0.717) is 0 Å². The van der Waals surface area contributed by atoms with Crippen LogP contribution in [0.4, 0.5) is 0 Å². The summed E-state index contributed by atoms with van der Waals surface area (Å²) in [5.74, 6) is 2.37. The van der Waals surface area contributed by atoms with Crippen molar-refractivity contribution in [3.8, 4) is 17.2 Å². The maximum atomic E-state index is 5.42. The average molecular weight is 441 g/mol. The Bertz CT molecular complexity index is 714. The number of aromatic nitrogens is 1. The van der Waals surface area contributed by atoms with Gasteiger partial charge in [-0.25, -0.2) is 0 Å². The SMILES string of the molecule is CCc1c(OC)ccc(/C=C/c2ccc(OC)c(OC)c2)[n+]1C.[I-]. The van der Waals surface area contributed by atoms with Crippen LogP contribution in [0.5, 0.6) is 17.2 Å². The van der Waals surface area contributed by atoms with Crippen molar-refractivity contribution in [3.63, 3.8) is 0 Å². The Kier molecular flexibility index (Phi) is 8.04. The highest BCUT2D eigenvalue weighted by Crippen LogP contribution is 2.28. The minimum absolute atomic E-state index is 0. The van der Waals surface area contributed by atoms with Crippen LogP contribution in [0.15, 0.2) is 30.3 Å². The first-order valence-electron chi connectivity index (χ1n) is 7.60. The summed E-state index contributed by atoms with van der Waals surface area (Å²) in [4.78, 5) is 0. The van der Waals surface area contributed by atoms with E-state index in [1.54, 1.807) is 21.3 Å². The topological polar surface area (TPSA) is 31.6 Å². The molecule has 0 bridgehead atoms. The molecule has 1 aromatic carbocycles. The number of benzene rings is 1. The first-order chi connectivity index (χ1) is 11.1. The van der Waals surface area contributed by atoms with E-state index in [9.17, 15) is 0 Å². The van der Waals surface area contributed by atoms with Crippen LogP contribution in [0, 0.1) is 0 Å². The molecule has 1 heterocycles. The zero-order valence-electron chi connectivity index (χ0n) is 14.8. The molecule has 2 aromatic rings. The first kappa shape index (κ1) is 20.3. The summed E-state index contributed by atoms with van der Waals surface area (Å²) >= 11 is 0. The van der Waals surface area contributed by atoms with Gasteiger partial charge in [-0.05, 0) is 29.8 Å². The lowest BCUT2D eigenvalue weighted by atomic mass is 10.1. The van der Waals surface area contributed by atoms with Gasteiger partial charge in [0.05, 0.1) is 21.3 Å². The standard InChI is InChI=1S/C19H24NO3.HI/c1-6-16-17(21-3)12-10-15(20(16)2)9-7-14-8-11-18(22-4)19(13-14)23-5;/h7-13H,6H2,1-5H3;1H/q+1;/p-1/b9-7+;. The molecule has 1 aromatic heterocycles. The molecule has 2 rings (SSSR count). The van der Waals surface area contributed by atoms with Crippen molar-refractivity contribution < 1.29 is 42.8 Å². The van der Waals surface area contributed by atoms with E-state index in [1.807, 2.05) is 24.3 Å². The van der Waals surface area contributed by atoms with Crippen molar-refractivity contribution >= 4 is 12.2 Å². The predicted octanol–water partition coefficient (Wildman–Crippen LogP) is 0.274. The quantitative estimate of drug-likeness (QED) is 0.477. The second-order valence-electron chi connectivity index (χ2n) is 5.13. The lowest BCUT2D eigenvalue weighted by molar-refractivity contribution is -0.681. The fourth-order valence-electron chi connectivity index (χ4n) is 2.59. The average Bonchev–Trinajstić information content (AvgIpc) is 2.59. The van der Waals surface area contributed by atoms with Gasteiger partial charge in [0.2, 0.25) is 11.4 Å². The van der Waals surface area contributed by atoms with Crippen LogP contribution in [0.2, 0.25) is 0 Å². The molecule has 0 aliphatic heterocycles. The van der Waals surface area contributed by atoms with Crippen molar-refractivity contribution in [2.24, 2.45) is 7.05 Å².